The van der Waals surface area contributed by atoms with Crippen LogP contribution in [-0.2, 0) is 6.42 Å². The van der Waals surface area contributed by atoms with Gasteiger partial charge in [0.05, 0.1) is 6.20 Å². The van der Waals surface area contributed by atoms with E-state index < -0.39 is 0 Å². The lowest BCUT2D eigenvalue weighted by atomic mass is 10.0. The van der Waals surface area contributed by atoms with E-state index in [2.05, 4.69) is 41.9 Å². The molecule has 0 amide bonds. The highest BCUT2D eigenvalue weighted by atomic mass is 14.9. The summed E-state index contributed by atoms with van der Waals surface area (Å²) in [5.74, 6) is 0. The van der Waals surface area contributed by atoms with Crippen LogP contribution < -0.4 is 5.32 Å². The Morgan fingerprint density at radius 3 is 2.77 bits per heavy atom. The van der Waals surface area contributed by atoms with E-state index >= 15 is 0 Å². The van der Waals surface area contributed by atoms with E-state index in [4.69, 9.17) is 0 Å². The third-order valence-corrected chi connectivity index (χ3v) is 2.09. The molecule has 0 aliphatic carbocycles. The summed E-state index contributed by atoms with van der Waals surface area (Å²) in [5.41, 5.74) is 1.35. The van der Waals surface area contributed by atoms with Crippen molar-refractivity contribution in [3.8, 4) is 0 Å². The normalized spacial score (nSPS) is 19.8. The predicted molar refractivity (Wildman–Crippen MR) is 54.0 cm³/mol. The first-order valence-electron chi connectivity index (χ1n) is 4.50. The maximum atomic E-state index is 3.18. The summed E-state index contributed by atoms with van der Waals surface area (Å²) in [4.78, 5) is 0. The van der Waals surface area contributed by atoms with Crippen LogP contribution in [0.4, 0.5) is 0 Å². The molecule has 2 rings (SSSR count). The second-order valence-electron chi connectivity index (χ2n) is 3.14. The number of benzene rings is 1. The van der Waals surface area contributed by atoms with Gasteiger partial charge >= 0.3 is 0 Å². The molecule has 0 saturated carbocycles. The van der Waals surface area contributed by atoms with E-state index in [1.165, 1.54) is 5.56 Å². The molecule has 1 heterocycles. The molecule has 1 aromatic rings. The van der Waals surface area contributed by atoms with Crippen LogP contribution in [0.5, 0.6) is 0 Å². The Morgan fingerprint density at radius 2 is 2.08 bits per heavy atom. The van der Waals surface area contributed by atoms with Gasteiger partial charge in [-0.3, -0.25) is 0 Å². The van der Waals surface area contributed by atoms with Crippen molar-refractivity contribution in [3.63, 3.8) is 0 Å². The van der Waals surface area contributed by atoms with Crippen molar-refractivity contribution < 1.29 is 0 Å². The van der Waals surface area contributed by atoms with Crippen molar-refractivity contribution in [3.05, 3.63) is 60.3 Å². The standard InChI is InChI=1S/C12H12N/c1-2-6-11(7-3-1)10-12-8-4-5-9-13-12/h1-8,12-13H,10H2. The second kappa shape index (κ2) is 3.94. The molecule has 65 valence electrons. The highest BCUT2D eigenvalue weighted by molar-refractivity contribution is 5.19. The fraction of sp³-hybridized carbons (Fsp3) is 0.167. The van der Waals surface area contributed by atoms with Gasteiger partial charge in [0.2, 0.25) is 0 Å². The third kappa shape index (κ3) is 2.22. The van der Waals surface area contributed by atoms with Gasteiger partial charge < -0.3 is 5.32 Å². The molecule has 1 heteroatoms. The molecule has 1 aromatic carbocycles. The zero-order valence-corrected chi connectivity index (χ0v) is 7.40. The van der Waals surface area contributed by atoms with Gasteiger partial charge in [-0.1, -0.05) is 42.5 Å². The molecule has 13 heavy (non-hydrogen) atoms. The highest BCUT2D eigenvalue weighted by Gasteiger charge is 2.04. The van der Waals surface area contributed by atoms with Crippen LogP contribution in [0.2, 0.25) is 0 Å². The zero-order valence-electron chi connectivity index (χ0n) is 7.40. The van der Waals surface area contributed by atoms with Gasteiger partial charge in [0.25, 0.3) is 0 Å². The van der Waals surface area contributed by atoms with Crippen LogP contribution in [0.1, 0.15) is 5.56 Å². The Hall–Kier alpha value is -1.50. The van der Waals surface area contributed by atoms with Gasteiger partial charge in [-0.25, -0.2) is 0 Å². The molecule has 0 aromatic heterocycles. The quantitative estimate of drug-likeness (QED) is 0.716. The van der Waals surface area contributed by atoms with Crippen LogP contribution >= 0.6 is 0 Å². The van der Waals surface area contributed by atoms with Crippen molar-refractivity contribution in [2.75, 3.05) is 0 Å². The van der Waals surface area contributed by atoms with Crippen LogP contribution in [-0.4, -0.2) is 6.04 Å². The van der Waals surface area contributed by atoms with Gasteiger partial charge in [-0.05, 0) is 18.1 Å². The Bertz CT molecular complexity index is 311. The summed E-state index contributed by atoms with van der Waals surface area (Å²) >= 11 is 0. The molecule has 1 radical (unpaired) electrons. The minimum absolute atomic E-state index is 0.396. The van der Waals surface area contributed by atoms with E-state index in [9.17, 15) is 0 Å². The average Bonchev–Trinajstić information content (AvgIpc) is 2.21. The number of hydrogen-bond donors (Lipinski definition) is 1. The monoisotopic (exact) mass is 170 g/mol. The Labute approximate surface area is 78.8 Å². The van der Waals surface area contributed by atoms with E-state index in [1.807, 2.05) is 18.2 Å². The molecule has 1 atom stereocenters. The van der Waals surface area contributed by atoms with Crippen molar-refractivity contribution >= 4 is 0 Å². The first-order chi connectivity index (χ1) is 6.45. The van der Waals surface area contributed by atoms with Crippen molar-refractivity contribution in [2.24, 2.45) is 0 Å². The molecular weight excluding hydrogens is 158 g/mol. The number of hydrogen-bond acceptors (Lipinski definition) is 1. The van der Waals surface area contributed by atoms with Gasteiger partial charge in [-0.15, -0.1) is 0 Å². The fourth-order valence-electron chi connectivity index (χ4n) is 1.43. The average molecular weight is 170 g/mol. The molecule has 0 bridgehead atoms. The smallest absolute Gasteiger partial charge is 0.0580 e. The van der Waals surface area contributed by atoms with Crippen LogP contribution in [0.25, 0.3) is 0 Å². The summed E-state index contributed by atoms with van der Waals surface area (Å²) in [6.07, 6.45) is 10.1. The lowest BCUT2D eigenvalue weighted by molar-refractivity contribution is 0.675. The number of dihydropyridines is 1. The molecule has 1 aliphatic rings. The van der Waals surface area contributed by atoms with Crippen LogP contribution in [0, 0.1) is 6.20 Å². The first-order valence-corrected chi connectivity index (χ1v) is 4.50. The number of nitrogens with one attached hydrogen (secondary N) is 1. The molecule has 0 spiro atoms. The molecule has 1 unspecified atom stereocenters. The Balaban J connectivity index is 1.99. The minimum Gasteiger partial charge on any atom is -0.377 e. The second-order valence-corrected chi connectivity index (χ2v) is 3.14. The Kier molecular flexibility index (Phi) is 2.46. The molecule has 0 fully saturated rings. The van der Waals surface area contributed by atoms with Crippen LogP contribution in [0.3, 0.4) is 0 Å². The number of rotatable bonds is 2. The predicted octanol–water partition coefficient (Wildman–Crippen LogP) is 2.07. The summed E-state index contributed by atoms with van der Waals surface area (Å²) in [7, 11) is 0. The first kappa shape index (κ1) is 8.11. The Morgan fingerprint density at radius 1 is 1.23 bits per heavy atom. The largest absolute Gasteiger partial charge is 0.377 e. The van der Waals surface area contributed by atoms with Crippen molar-refractivity contribution in [1.82, 2.24) is 5.32 Å². The molecule has 1 aliphatic heterocycles. The minimum atomic E-state index is 0.396. The van der Waals surface area contributed by atoms with Gasteiger partial charge in [0, 0.05) is 6.04 Å². The molecule has 1 N–H and O–H groups in total. The van der Waals surface area contributed by atoms with Crippen molar-refractivity contribution in [1.29, 1.82) is 0 Å². The van der Waals surface area contributed by atoms with E-state index in [0.717, 1.165) is 6.42 Å². The summed E-state index contributed by atoms with van der Waals surface area (Å²) in [6.45, 7) is 0. The van der Waals surface area contributed by atoms with E-state index in [1.54, 1.807) is 0 Å². The number of allylic oxidation sites excluding steroid dienone is 2. The SMILES string of the molecule is [C]1=CC=CC(Cc2ccccc2)N1. The van der Waals surface area contributed by atoms with Gasteiger partial charge in [-0.2, -0.15) is 0 Å². The van der Waals surface area contributed by atoms with Crippen molar-refractivity contribution in [2.45, 2.75) is 12.5 Å². The maximum absolute atomic E-state index is 3.18. The van der Waals surface area contributed by atoms with E-state index in [-0.39, 0.29) is 0 Å². The van der Waals surface area contributed by atoms with E-state index in [0.29, 0.717) is 6.04 Å². The van der Waals surface area contributed by atoms with Gasteiger partial charge in [0.1, 0.15) is 0 Å². The summed E-state index contributed by atoms with van der Waals surface area (Å²) < 4.78 is 0. The van der Waals surface area contributed by atoms with Crippen LogP contribution in [0.15, 0.2) is 48.6 Å². The molecule has 1 nitrogen and oxygen atoms in total. The maximum Gasteiger partial charge on any atom is 0.0580 e. The van der Waals surface area contributed by atoms with Gasteiger partial charge in [0.15, 0.2) is 0 Å². The molecule has 0 saturated heterocycles. The fourth-order valence-corrected chi connectivity index (χ4v) is 1.43. The lowest BCUT2D eigenvalue weighted by Crippen LogP contribution is -2.26. The summed E-state index contributed by atoms with van der Waals surface area (Å²) in [5, 5.41) is 3.18. The topological polar surface area (TPSA) is 12.0 Å². The highest BCUT2D eigenvalue weighted by Crippen LogP contribution is 2.05. The zero-order chi connectivity index (χ0) is 8.93. The summed E-state index contributed by atoms with van der Waals surface area (Å²) in [6, 6.07) is 10.9. The molecular formula is C12H12N. The lowest BCUT2D eigenvalue weighted by Gasteiger charge is -2.14. The third-order valence-electron chi connectivity index (χ3n) is 2.09.